The van der Waals surface area contributed by atoms with E-state index in [0.29, 0.717) is 11.3 Å². The Hall–Kier alpha value is -3.65. The predicted octanol–water partition coefficient (Wildman–Crippen LogP) is 1.56. The molecule has 37 heavy (non-hydrogen) atoms. The fourth-order valence-electron chi connectivity index (χ4n) is 3.18. The third-order valence-corrected chi connectivity index (χ3v) is 7.02. The number of oxime groups is 1. The van der Waals surface area contributed by atoms with Crippen molar-refractivity contribution >= 4 is 57.7 Å². The van der Waals surface area contributed by atoms with Gasteiger partial charge in [-0.05, 0) is 26.3 Å². The summed E-state index contributed by atoms with van der Waals surface area (Å²) in [5, 5.41) is 7.63. The van der Waals surface area contributed by atoms with Crippen LogP contribution in [0.5, 0.6) is 0 Å². The molecule has 1 aromatic heterocycles. The number of ether oxygens (including phenoxy) is 2. The van der Waals surface area contributed by atoms with Crippen LogP contribution in [0.3, 0.4) is 0 Å². The molecule has 0 aliphatic carbocycles. The van der Waals surface area contributed by atoms with Crippen molar-refractivity contribution in [3.05, 3.63) is 47.7 Å². The first-order valence-electron chi connectivity index (χ1n) is 11.0. The van der Waals surface area contributed by atoms with Gasteiger partial charge in [-0.25, -0.2) is 9.78 Å². The van der Waals surface area contributed by atoms with Crippen LogP contribution in [-0.2, 0) is 33.5 Å². The number of nitrogens with two attached hydrogens (primary N) is 1. The minimum atomic E-state index is -0.953. The van der Waals surface area contributed by atoms with Crippen LogP contribution in [0.15, 0.2) is 47.1 Å². The Balaban J connectivity index is 1.72. The van der Waals surface area contributed by atoms with E-state index < -0.39 is 47.4 Å². The van der Waals surface area contributed by atoms with E-state index in [0.717, 1.165) is 11.3 Å². The number of thiazole rings is 1. The van der Waals surface area contributed by atoms with Crippen molar-refractivity contribution in [2.75, 3.05) is 24.9 Å². The molecule has 0 aromatic carbocycles. The Labute approximate surface area is 221 Å². The lowest BCUT2D eigenvalue weighted by atomic mass is 9.98. The van der Waals surface area contributed by atoms with E-state index in [2.05, 4.69) is 28.6 Å². The van der Waals surface area contributed by atoms with Gasteiger partial charge in [0.25, 0.3) is 11.8 Å². The predicted molar refractivity (Wildman–Crippen MR) is 138 cm³/mol. The van der Waals surface area contributed by atoms with Crippen LogP contribution in [0.25, 0.3) is 0 Å². The molecule has 0 bridgehead atoms. The number of nitrogen functional groups attached to an aromatic ring is 1. The van der Waals surface area contributed by atoms with Gasteiger partial charge < -0.3 is 25.4 Å². The van der Waals surface area contributed by atoms with Crippen molar-refractivity contribution in [2.24, 2.45) is 10.6 Å². The summed E-state index contributed by atoms with van der Waals surface area (Å²) in [5.74, 6) is -2.30. The molecule has 2 atom stereocenters. The summed E-state index contributed by atoms with van der Waals surface area (Å²) in [7, 11) is 0. The number of carbonyl (C=O) groups is 4. The number of allylic oxidation sites excluding steroid dienone is 1. The van der Waals surface area contributed by atoms with Gasteiger partial charge in [0.1, 0.15) is 29.4 Å². The van der Waals surface area contributed by atoms with Crippen LogP contribution in [0.2, 0.25) is 0 Å². The van der Waals surface area contributed by atoms with Crippen molar-refractivity contribution in [2.45, 2.75) is 32.2 Å². The number of esters is 2. The second-order valence-electron chi connectivity index (χ2n) is 8.77. The van der Waals surface area contributed by atoms with Gasteiger partial charge in [-0.3, -0.25) is 19.3 Å². The second kappa shape index (κ2) is 11.6. The number of nitrogens with zero attached hydrogens (tertiary/aromatic N) is 3. The van der Waals surface area contributed by atoms with Gasteiger partial charge in [-0.15, -0.1) is 23.1 Å². The SMILES string of the molecule is C=CCO/N=C(/C(=O)NC1C(=O)N2C(C(=O)OCOC(=O)C(C)(C)C)=C(C=C)CS[C@H]12)c1csc(N)n1. The number of fused-ring (bicyclic) bond motifs is 1. The van der Waals surface area contributed by atoms with Crippen molar-refractivity contribution in [3.8, 4) is 0 Å². The first-order chi connectivity index (χ1) is 17.5. The highest BCUT2D eigenvalue weighted by Gasteiger charge is 2.54. The Morgan fingerprint density at radius 2 is 2.05 bits per heavy atom. The molecule has 1 fully saturated rings. The zero-order valence-corrected chi connectivity index (χ0v) is 22.1. The van der Waals surface area contributed by atoms with Crippen LogP contribution in [0, 0.1) is 5.41 Å². The maximum absolute atomic E-state index is 13.1. The highest BCUT2D eigenvalue weighted by Crippen LogP contribution is 2.41. The molecule has 2 amide bonds. The Bertz CT molecular complexity index is 1180. The second-order valence-corrected chi connectivity index (χ2v) is 10.8. The maximum atomic E-state index is 13.1. The largest absolute Gasteiger partial charge is 0.427 e. The number of β-lactam (4-membered cyclic amide) rings is 1. The summed E-state index contributed by atoms with van der Waals surface area (Å²) >= 11 is 2.45. The Morgan fingerprint density at radius 1 is 1.32 bits per heavy atom. The number of rotatable bonds is 10. The molecule has 2 aliphatic rings. The lowest BCUT2D eigenvalue weighted by Gasteiger charge is -2.49. The van der Waals surface area contributed by atoms with Crippen molar-refractivity contribution in [1.29, 1.82) is 0 Å². The molecule has 0 spiro atoms. The molecule has 198 valence electrons. The molecule has 3 rings (SSSR count). The molecule has 1 unspecified atom stereocenters. The summed E-state index contributed by atoms with van der Waals surface area (Å²) < 4.78 is 10.1. The molecule has 12 nitrogen and oxygen atoms in total. The van der Waals surface area contributed by atoms with E-state index in [1.54, 1.807) is 20.8 Å². The topological polar surface area (TPSA) is 163 Å². The summed E-state index contributed by atoms with van der Waals surface area (Å²) in [6.45, 7) is 11.7. The smallest absolute Gasteiger partial charge is 0.358 e. The van der Waals surface area contributed by atoms with Crippen LogP contribution in [-0.4, -0.2) is 69.9 Å². The molecule has 2 aliphatic heterocycles. The first kappa shape index (κ1) is 27.9. The summed E-state index contributed by atoms with van der Waals surface area (Å²) in [5.41, 5.74) is 5.39. The standard InChI is InChI=1S/C23H27N5O7S2/c1-6-8-35-27-14(13-10-37-22(24)25-13)17(29)26-15-18(30)28-16(12(7-2)9-36-19(15)28)20(31)33-11-34-21(32)23(3,4)5/h6-7,10,15,19H,1-2,8-9,11H2,3-5H3,(H2,24,25)(H,26,29)/b27-14+/t15?,19-/m1/s1. The first-order valence-corrected chi connectivity index (χ1v) is 12.9. The van der Waals surface area contributed by atoms with Crippen LogP contribution in [0.1, 0.15) is 26.5 Å². The summed E-state index contributed by atoms with van der Waals surface area (Å²) in [4.78, 5) is 61.2. The zero-order valence-electron chi connectivity index (χ0n) is 20.5. The Kier molecular flexibility index (Phi) is 8.76. The normalized spacial score (nSPS) is 19.4. The molecule has 3 heterocycles. The van der Waals surface area contributed by atoms with Crippen molar-refractivity contribution < 1.29 is 33.5 Å². The van der Waals surface area contributed by atoms with E-state index >= 15 is 0 Å². The minimum Gasteiger partial charge on any atom is -0.427 e. The fourth-order valence-corrected chi connectivity index (χ4v) is 5.06. The highest BCUT2D eigenvalue weighted by atomic mass is 32.2. The van der Waals surface area contributed by atoms with E-state index in [1.165, 1.54) is 34.2 Å². The molecular weight excluding hydrogens is 522 g/mol. The molecule has 3 N–H and O–H groups in total. The van der Waals surface area contributed by atoms with Crippen LogP contribution < -0.4 is 11.1 Å². The van der Waals surface area contributed by atoms with Gasteiger partial charge in [0.15, 0.2) is 10.8 Å². The Morgan fingerprint density at radius 3 is 2.65 bits per heavy atom. The average Bonchev–Trinajstić information content (AvgIpc) is 3.28. The third-order valence-electron chi connectivity index (χ3n) is 5.04. The number of hydrogen-bond acceptors (Lipinski definition) is 12. The molecule has 0 radical (unpaired) electrons. The number of aromatic nitrogens is 1. The number of hydrogen-bond donors (Lipinski definition) is 2. The van der Waals surface area contributed by atoms with Crippen molar-refractivity contribution in [1.82, 2.24) is 15.2 Å². The van der Waals surface area contributed by atoms with E-state index in [-0.39, 0.29) is 28.8 Å². The number of thioether (sulfide) groups is 1. The summed E-state index contributed by atoms with van der Waals surface area (Å²) in [6, 6.07) is -0.953. The average molecular weight is 550 g/mol. The monoisotopic (exact) mass is 549 g/mol. The quantitative estimate of drug-likeness (QED) is 0.0833. The summed E-state index contributed by atoms with van der Waals surface area (Å²) in [6.07, 6.45) is 2.91. The van der Waals surface area contributed by atoms with Gasteiger partial charge >= 0.3 is 11.9 Å². The van der Waals surface area contributed by atoms with Gasteiger partial charge in [0.05, 0.1) is 5.41 Å². The number of carbonyl (C=O) groups excluding carboxylic acids is 4. The van der Waals surface area contributed by atoms with E-state index in [1.807, 2.05) is 0 Å². The fraction of sp³-hybridized carbons (Fsp3) is 0.391. The van der Waals surface area contributed by atoms with Crippen molar-refractivity contribution in [3.63, 3.8) is 0 Å². The number of anilines is 1. The van der Waals surface area contributed by atoms with Gasteiger partial charge in [-0.1, -0.05) is 30.5 Å². The molecule has 1 aromatic rings. The molecule has 0 saturated carbocycles. The lowest BCUT2D eigenvalue weighted by Crippen LogP contribution is -2.71. The maximum Gasteiger partial charge on any atom is 0.358 e. The minimum absolute atomic E-state index is 0.0171. The van der Waals surface area contributed by atoms with Gasteiger partial charge in [-0.2, -0.15) is 0 Å². The van der Waals surface area contributed by atoms with Gasteiger partial charge in [0.2, 0.25) is 6.79 Å². The zero-order chi connectivity index (χ0) is 27.3. The molecular formula is C23H27N5O7S2. The number of amides is 2. The third kappa shape index (κ3) is 6.20. The highest BCUT2D eigenvalue weighted by molar-refractivity contribution is 8.00. The number of nitrogens with one attached hydrogen (secondary N) is 1. The van der Waals surface area contributed by atoms with E-state index in [4.69, 9.17) is 20.0 Å². The van der Waals surface area contributed by atoms with E-state index in [9.17, 15) is 19.2 Å². The lowest BCUT2D eigenvalue weighted by molar-refractivity contribution is -0.173. The molecule has 14 heteroatoms. The van der Waals surface area contributed by atoms with Crippen LogP contribution >= 0.6 is 23.1 Å². The van der Waals surface area contributed by atoms with Crippen LogP contribution in [0.4, 0.5) is 5.13 Å². The van der Waals surface area contributed by atoms with Gasteiger partial charge in [0, 0.05) is 11.1 Å². The molecule has 1 saturated heterocycles.